The van der Waals surface area contributed by atoms with Gasteiger partial charge in [-0.05, 0) is 29.2 Å². The maximum Gasteiger partial charge on any atom is 0.321 e. The Hall–Kier alpha value is -3.23. The second kappa shape index (κ2) is 8.71. The van der Waals surface area contributed by atoms with Crippen molar-refractivity contribution in [2.75, 3.05) is 14.1 Å². The molecule has 0 aromatic heterocycles. The second-order valence-corrected chi connectivity index (χ2v) is 10.8. The van der Waals surface area contributed by atoms with Gasteiger partial charge < -0.3 is 24.2 Å². The van der Waals surface area contributed by atoms with Crippen LogP contribution in [0, 0.1) is 0 Å². The first-order chi connectivity index (χ1) is 17.0. The van der Waals surface area contributed by atoms with Gasteiger partial charge in [0.05, 0.1) is 26.9 Å². The van der Waals surface area contributed by atoms with Crippen molar-refractivity contribution in [3.8, 4) is 11.1 Å². The molecule has 3 fully saturated rings. The number of fused-ring (bicyclic) bond motifs is 8. The van der Waals surface area contributed by atoms with E-state index < -0.39 is 17.4 Å². The molecule has 1 aliphatic carbocycles. The van der Waals surface area contributed by atoms with Crippen LogP contribution in [0.15, 0.2) is 48.5 Å². The molecule has 8 heteroatoms. The highest BCUT2D eigenvalue weighted by Crippen LogP contribution is 2.53. The van der Waals surface area contributed by atoms with Crippen LogP contribution in [-0.2, 0) is 29.3 Å². The van der Waals surface area contributed by atoms with Gasteiger partial charge in [-0.2, -0.15) is 0 Å². The quantitative estimate of drug-likeness (QED) is 0.373. The van der Waals surface area contributed by atoms with Gasteiger partial charge in [0.25, 0.3) is 0 Å². The smallest absolute Gasteiger partial charge is 0.321 e. The van der Waals surface area contributed by atoms with Crippen molar-refractivity contribution < 1.29 is 38.6 Å². The molecular weight excluding hydrogens is 462 g/mol. The molecule has 2 aromatic rings. The fourth-order valence-electron chi connectivity index (χ4n) is 6.46. The Balaban J connectivity index is 0.000000292. The largest absolute Gasteiger partial charge is 0.481 e. The molecule has 3 saturated heterocycles. The number of morpholine rings is 1. The van der Waals surface area contributed by atoms with Gasteiger partial charge in [0.15, 0.2) is 0 Å². The van der Waals surface area contributed by atoms with Crippen LogP contribution in [0.2, 0.25) is 0 Å². The predicted octanol–water partition coefficient (Wildman–Crippen LogP) is 3.21. The zero-order valence-electron chi connectivity index (χ0n) is 20.7. The average molecular weight is 495 g/mol. The summed E-state index contributed by atoms with van der Waals surface area (Å²) < 4.78 is 13.1. The number of hydrogen-bond acceptors (Lipinski definition) is 5. The third-order valence-electron chi connectivity index (χ3n) is 8.49. The van der Waals surface area contributed by atoms with Crippen LogP contribution in [0.25, 0.3) is 11.1 Å². The number of rotatable bonds is 5. The molecule has 2 aromatic carbocycles. The van der Waals surface area contributed by atoms with Crippen molar-refractivity contribution >= 4 is 17.9 Å². The van der Waals surface area contributed by atoms with Crippen molar-refractivity contribution in [1.82, 2.24) is 0 Å². The molecule has 3 aliphatic heterocycles. The number of epoxide rings is 1. The first kappa shape index (κ1) is 24.5. The van der Waals surface area contributed by atoms with E-state index in [2.05, 4.69) is 38.4 Å². The van der Waals surface area contributed by atoms with Gasteiger partial charge >= 0.3 is 17.9 Å². The van der Waals surface area contributed by atoms with E-state index in [1.54, 1.807) is 0 Å². The highest BCUT2D eigenvalue weighted by atomic mass is 16.6. The second-order valence-electron chi connectivity index (χ2n) is 10.8. The summed E-state index contributed by atoms with van der Waals surface area (Å²) in [7, 11) is 4.60. The molecule has 0 radical (unpaired) electrons. The van der Waals surface area contributed by atoms with Crippen LogP contribution in [0.4, 0.5) is 0 Å². The Labute approximate surface area is 210 Å². The highest BCUT2D eigenvalue weighted by molar-refractivity contribution is 5.97. The molecule has 3 heterocycles. The van der Waals surface area contributed by atoms with Gasteiger partial charge in [-0.25, -0.2) is 0 Å². The molecule has 0 spiro atoms. The standard InChI is InChI=1S/C24H26NO3.C4H6O4/c1-24(17-10-6-4-8-15(17)16-9-5-7-11-18(16)24)23(26)27-14-12-19-21-22(28-21)20(13-14)25(19,2)3;5-3(6)1-2-4(7)8/h4-11,14,19-22H,12-13H2,1-3H3;1-2H2,(H,5,6)(H,7,8)/q+1;. The van der Waals surface area contributed by atoms with Gasteiger partial charge in [0, 0.05) is 12.8 Å². The first-order valence-corrected chi connectivity index (χ1v) is 12.4. The Morgan fingerprint density at radius 2 is 1.33 bits per heavy atom. The lowest BCUT2D eigenvalue weighted by Gasteiger charge is -2.45. The molecule has 2 bridgehead atoms. The maximum atomic E-state index is 13.6. The Bertz CT molecular complexity index is 1140. The van der Waals surface area contributed by atoms with Crippen LogP contribution in [0.5, 0.6) is 0 Å². The van der Waals surface area contributed by atoms with Gasteiger partial charge in [0.1, 0.15) is 35.8 Å². The Morgan fingerprint density at radius 3 is 1.78 bits per heavy atom. The number of ether oxygens (including phenoxy) is 2. The normalized spacial score (nSPS) is 29.0. The molecule has 4 aliphatic rings. The van der Waals surface area contributed by atoms with Crippen LogP contribution >= 0.6 is 0 Å². The number of piperidine rings is 1. The van der Waals surface area contributed by atoms with Crippen LogP contribution in [0.1, 0.15) is 43.7 Å². The third-order valence-corrected chi connectivity index (χ3v) is 8.49. The lowest BCUT2D eigenvalue weighted by Crippen LogP contribution is -2.60. The number of carboxylic acid groups (broad SMARTS) is 2. The van der Waals surface area contributed by atoms with E-state index in [4.69, 9.17) is 19.7 Å². The predicted molar refractivity (Wildman–Crippen MR) is 130 cm³/mol. The molecule has 0 saturated carbocycles. The molecule has 190 valence electrons. The third kappa shape index (κ3) is 3.89. The average Bonchev–Trinajstić information content (AvgIpc) is 3.56. The molecule has 36 heavy (non-hydrogen) atoms. The monoisotopic (exact) mass is 494 g/mol. The molecule has 0 amide bonds. The summed E-state index contributed by atoms with van der Waals surface area (Å²) in [6.45, 7) is 2.03. The minimum absolute atomic E-state index is 0.0122. The van der Waals surface area contributed by atoms with Crippen LogP contribution in [-0.4, -0.2) is 77.1 Å². The van der Waals surface area contributed by atoms with Crippen molar-refractivity contribution in [2.45, 2.75) is 68.4 Å². The number of esters is 1. The molecular formula is C28H32NO7+. The van der Waals surface area contributed by atoms with E-state index in [-0.39, 0.29) is 24.9 Å². The van der Waals surface area contributed by atoms with E-state index in [0.29, 0.717) is 24.3 Å². The summed E-state index contributed by atoms with van der Waals surface area (Å²) in [6.07, 6.45) is 1.93. The summed E-state index contributed by atoms with van der Waals surface area (Å²) >= 11 is 0. The van der Waals surface area contributed by atoms with Gasteiger partial charge in [-0.1, -0.05) is 48.5 Å². The van der Waals surface area contributed by atoms with Gasteiger partial charge in [-0.3, -0.25) is 14.4 Å². The zero-order valence-corrected chi connectivity index (χ0v) is 20.7. The number of carboxylic acids is 2. The summed E-state index contributed by atoms with van der Waals surface area (Å²) in [5.41, 5.74) is 3.67. The zero-order chi connectivity index (χ0) is 25.8. The van der Waals surface area contributed by atoms with Crippen molar-refractivity contribution in [3.05, 3.63) is 59.7 Å². The molecule has 2 N–H and O–H groups in total. The van der Waals surface area contributed by atoms with E-state index in [0.717, 1.165) is 39.6 Å². The topological polar surface area (TPSA) is 113 Å². The number of quaternary nitrogens is 1. The number of likely N-dealkylation sites (N-methyl/N-ethyl adjacent to an activating group) is 1. The van der Waals surface area contributed by atoms with E-state index in [1.807, 2.05) is 31.2 Å². The van der Waals surface area contributed by atoms with Crippen molar-refractivity contribution in [1.29, 1.82) is 0 Å². The van der Waals surface area contributed by atoms with E-state index >= 15 is 0 Å². The van der Waals surface area contributed by atoms with Crippen molar-refractivity contribution in [2.24, 2.45) is 0 Å². The summed E-state index contributed by atoms with van der Waals surface area (Å²) in [4.78, 5) is 32.9. The number of carbonyl (C=O) groups excluding carboxylic acids is 1. The summed E-state index contributed by atoms with van der Waals surface area (Å²) in [5, 5.41) is 15.8. The minimum atomic E-state index is -1.08. The minimum Gasteiger partial charge on any atom is -0.481 e. The number of aliphatic carboxylic acids is 2. The highest BCUT2D eigenvalue weighted by Gasteiger charge is 2.71. The lowest BCUT2D eigenvalue weighted by molar-refractivity contribution is -0.938. The fourth-order valence-corrected chi connectivity index (χ4v) is 6.46. The lowest BCUT2D eigenvalue weighted by atomic mass is 9.80. The van der Waals surface area contributed by atoms with Gasteiger partial charge in [0.2, 0.25) is 0 Å². The number of nitrogens with zero attached hydrogens (tertiary/aromatic N) is 1. The Morgan fingerprint density at radius 1 is 0.889 bits per heavy atom. The van der Waals surface area contributed by atoms with Crippen LogP contribution in [0.3, 0.4) is 0 Å². The first-order valence-electron chi connectivity index (χ1n) is 12.4. The molecule has 4 atom stereocenters. The number of carbonyl (C=O) groups is 3. The maximum absolute atomic E-state index is 13.6. The Kier molecular flexibility index (Phi) is 5.92. The van der Waals surface area contributed by atoms with Crippen molar-refractivity contribution in [3.63, 3.8) is 0 Å². The number of hydrogen-bond donors (Lipinski definition) is 2. The molecule has 6 rings (SSSR count). The summed E-state index contributed by atoms with van der Waals surface area (Å²) in [5.74, 6) is -2.27. The van der Waals surface area contributed by atoms with Gasteiger partial charge in [-0.15, -0.1) is 0 Å². The molecule has 4 unspecified atom stereocenters. The fraction of sp³-hybridized carbons (Fsp3) is 0.464. The molecule has 8 nitrogen and oxygen atoms in total. The van der Waals surface area contributed by atoms with Crippen LogP contribution < -0.4 is 0 Å². The van der Waals surface area contributed by atoms with E-state index in [9.17, 15) is 14.4 Å². The van der Waals surface area contributed by atoms with E-state index in [1.165, 1.54) is 0 Å². The number of benzene rings is 2. The SMILES string of the molecule is CC1(C(=O)OC2CC3C4OC4C(C2)[N+]3(C)C)c2ccccc2-c2ccccc21.O=C(O)CCC(=O)O. The summed E-state index contributed by atoms with van der Waals surface area (Å²) in [6, 6.07) is 17.4.